The van der Waals surface area contributed by atoms with E-state index in [-0.39, 0.29) is 19.1 Å². The summed E-state index contributed by atoms with van der Waals surface area (Å²) in [5.74, 6) is -0.0568. The molecule has 0 heterocycles. The molecule has 1 aromatic carbocycles. The van der Waals surface area contributed by atoms with Crippen LogP contribution in [0.25, 0.3) is 0 Å². The Labute approximate surface area is 122 Å². The summed E-state index contributed by atoms with van der Waals surface area (Å²) in [7, 11) is 0. The number of ether oxygens (including phenoxy) is 1. The Hall–Kier alpha value is -0.810. The highest BCUT2D eigenvalue weighted by atomic mass is 35.5. The number of carbonyl (C=O) groups excluding carboxylic acids is 1. The van der Waals surface area contributed by atoms with Crippen molar-refractivity contribution in [3.63, 3.8) is 0 Å². The average Bonchev–Trinajstić information content (AvgIpc) is 2.37. The smallest absolute Gasteiger partial charge is 0.220 e. The molecule has 0 aliphatic heterocycles. The van der Waals surface area contributed by atoms with Gasteiger partial charge in [-0.2, -0.15) is 0 Å². The zero-order chi connectivity index (χ0) is 14.1. The molecule has 0 unspecified atom stereocenters. The summed E-state index contributed by atoms with van der Waals surface area (Å²) < 4.78 is 5.03. The van der Waals surface area contributed by atoms with Crippen LogP contribution in [0.4, 0.5) is 0 Å². The fourth-order valence-corrected chi connectivity index (χ4v) is 1.99. The van der Waals surface area contributed by atoms with Gasteiger partial charge in [0.25, 0.3) is 0 Å². The zero-order valence-corrected chi connectivity index (χ0v) is 12.0. The fourth-order valence-electron chi connectivity index (χ4n) is 1.49. The van der Waals surface area contributed by atoms with Crippen molar-refractivity contribution >= 4 is 29.1 Å². The quantitative estimate of drug-likeness (QED) is 0.723. The van der Waals surface area contributed by atoms with E-state index in [9.17, 15) is 4.79 Å². The Morgan fingerprint density at radius 3 is 2.79 bits per heavy atom. The topological polar surface area (TPSA) is 58.6 Å². The first-order valence-electron chi connectivity index (χ1n) is 6.02. The highest BCUT2D eigenvalue weighted by Crippen LogP contribution is 2.21. The lowest BCUT2D eigenvalue weighted by Gasteiger charge is -2.07. The van der Waals surface area contributed by atoms with E-state index in [0.29, 0.717) is 36.0 Å². The van der Waals surface area contributed by atoms with Crippen LogP contribution in [0.5, 0.6) is 0 Å². The van der Waals surface area contributed by atoms with Crippen LogP contribution in [0, 0.1) is 0 Å². The van der Waals surface area contributed by atoms with Crippen molar-refractivity contribution < 1.29 is 14.6 Å². The van der Waals surface area contributed by atoms with Crippen LogP contribution in [0.1, 0.15) is 12.0 Å². The van der Waals surface area contributed by atoms with Gasteiger partial charge in [-0.1, -0.05) is 29.3 Å². The Balaban J connectivity index is 2.22. The lowest BCUT2D eigenvalue weighted by molar-refractivity contribution is -0.121. The first-order valence-corrected chi connectivity index (χ1v) is 6.78. The van der Waals surface area contributed by atoms with Gasteiger partial charge < -0.3 is 15.2 Å². The average molecular weight is 306 g/mol. The van der Waals surface area contributed by atoms with Crippen molar-refractivity contribution in [2.45, 2.75) is 12.8 Å². The normalized spacial score (nSPS) is 10.5. The van der Waals surface area contributed by atoms with Gasteiger partial charge in [-0.05, 0) is 24.1 Å². The SMILES string of the molecule is O=C(CCc1ccc(Cl)cc1Cl)NCCOCCO. The predicted octanol–water partition coefficient (Wildman–Crippen LogP) is 2.05. The summed E-state index contributed by atoms with van der Waals surface area (Å²) in [6.45, 7) is 1.11. The van der Waals surface area contributed by atoms with E-state index in [0.717, 1.165) is 5.56 Å². The van der Waals surface area contributed by atoms with Gasteiger partial charge in [0, 0.05) is 23.0 Å². The third-order valence-electron chi connectivity index (χ3n) is 2.44. The molecule has 0 atom stereocenters. The standard InChI is InChI=1S/C13H17Cl2NO3/c14-11-3-1-10(12(15)9-11)2-4-13(18)16-5-7-19-8-6-17/h1,3,9,17H,2,4-8H2,(H,16,18). The molecule has 1 rings (SSSR count). The summed E-state index contributed by atoms with van der Waals surface area (Å²) in [5, 5.41) is 12.4. The maximum atomic E-state index is 11.5. The van der Waals surface area contributed by atoms with Crippen molar-refractivity contribution in [3.8, 4) is 0 Å². The minimum Gasteiger partial charge on any atom is -0.394 e. The van der Waals surface area contributed by atoms with Crippen molar-refractivity contribution in [1.82, 2.24) is 5.32 Å². The van der Waals surface area contributed by atoms with Crippen LogP contribution < -0.4 is 5.32 Å². The second-order valence-corrected chi connectivity index (χ2v) is 4.77. The number of rotatable bonds is 8. The minimum absolute atomic E-state index is 0.0109. The number of amides is 1. The lowest BCUT2D eigenvalue weighted by Crippen LogP contribution is -2.27. The first kappa shape index (κ1) is 16.2. The number of aryl methyl sites for hydroxylation is 1. The van der Waals surface area contributed by atoms with Crippen molar-refractivity contribution in [2.24, 2.45) is 0 Å². The molecule has 1 amide bonds. The van der Waals surface area contributed by atoms with E-state index < -0.39 is 0 Å². The second-order valence-electron chi connectivity index (χ2n) is 3.92. The van der Waals surface area contributed by atoms with Crippen LogP contribution in [0.15, 0.2) is 18.2 Å². The van der Waals surface area contributed by atoms with Crippen LogP contribution in [0.3, 0.4) is 0 Å². The molecule has 0 aliphatic rings. The van der Waals surface area contributed by atoms with E-state index in [1.54, 1.807) is 12.1 Å². The molecule has 2 N–H and O–H groups in total. The third kappa shape index (κ3) is 6.78. The summed E-state index contributed by atoms with van der Waals surface area (Å²) >= 11 is 11.8. The number of hydrogen-bond donors (Lipinski definition) is 2. The van der Waals surface area contributed by atoms with Crippen molar-refractivity contribution in [1.29, 1.82) is 0 Å². The van der Waals surface area contributed by atoms with Crippen LogP contribution in [-0.4, -0.2) is 37.4 Å². The Morgan fingerprint density at radius 1 is 1.32 bits per heavy atom. The van der Waals surface area contributed by atoms with E-state index in [1.165, 1.54) is 0 Å². The monoisotopic (exact) mass is 305 g/mol. The van der Waals surface area contributed by atoms with E-state index in [1.807, 2.05) is 6.07 Å². The molecule has 0 bridgehead atoms. The van der Waals surface area contributed by atoms with Gasteiger partial charge in [0.15, 0.2) is 0 Å². The lowest BCUT2D eigenvalue weighted by atomic mass is 10.1. The largest absolute Gasteiger partial charge is 0.394 e. The molecule has 0 aromatic heterocycles. The Bertz CT molecular complexity index is 413. The molecular weight excluding hydrogens is 289 g/mol. The van der Waals surface area contributed by atoms with Crippen molar-refractivity contribution in [2.75, 3.05) is 26.4 Å². The number of hydrogen-bond acceptors (Lipinski definition) is 3. The number of aliphatic hydroxyl groups excluding tert-OH is 1. The molecule has 1 aromatic rings. The number of benzene rings is 1. The molecule has 19 heavy (non-hydrogen) atoms. The zero-order valence-electron chi connectivity index (χ0n) is 10.5. The van der Waals surface area contributed by atoms with Gasteiger partial charge in [-0.15, -0.1) is 0 Å². The first-order chi connectivity index (χ1) is 9.13. The molecule has 4 nitrogen and oxygen atoms in total. The number of carbonyl (C=O) groups is 1. The third-order valence-corrected chi connectivity index (χ3v) is 3.03. The van der Waals surface area contributed by atoms with Gasteiger partial charge in [0.1, 0.15) is 0 Å². The van der Waals surface area contributed by atoms with Gasteiger partial charge in [0.05, 0.1) is 19.8 Å². The Kier molecular flexibility index (Phi) is 7.82. The fraction of sp³-hybridized carbons (Fsp3) is 0.462. The maximum Gasteiger partial charge on any atom is 0.220 e. The summed E-state index contributed by atoms with van der Waals surface area (Å²) in [5.41, 5.74) is 0.901. The molecule has 0 radical (unpaired) electrons. The molecule has 0 aliphatic carbocycles. The van der Waals surface area contributed by atoms with E-state index in [4.69, 9.17) is 33.0 Å². The molecule has 0 saturated carbocycles. The van der Waals surface area contributed by atoms with Gasteiger partial charge >= 0.3 is 0 Å². The van der Waals surface area contributed by atoms with Crippen LogP contribution in [-0.2, 0) is 16.0 Å². The molecule has 6 heteroatoms. The molecule has 106 valence electrons. The highest BCUT2D eigenvalue weighted by molar-refractivity contribution is 6.35. The van der Waals surface area contributed by atoms with Gasteiger partial charge in [-0.25, -0.2) is 0 Å². The highest BCUT2D eigenvalue weighted by Gasteiger charge is 2.05. The summed E-state index contributed by atoms with van der Waals surface area (Å²) in [4.78, 5) is 11.5. The molecule has 0 fully saturated rings. The minimum atomic E-state index is -0.0568. The maximum absolute atomic E-state index is 11.5. The number of nitrogens with one attached hydrogen (secondary N) is 1. The Morgan fingerprint density at radius 2 is 2.11 bits per heavy atom. The predicted molar refractivity (Wildman–Crippen MR) is 75.7 cm³/mol. The van der Waals surface area contributed by atoms with Crippen LogP contribution in [0.2, 0.25) is 10.0 Å². The number of aliphatic hydroxyl groups is 1. The van der Waals surface area contributed by atoms with Gasteiger partial charge in [-0.3, -0.25) is 4.79 Å². The van der Waals surface area contributed by atoms with Crippen molar-refractivity contribution in [3.05, 3.63) is 33.8 Å². The van der Waals surface area contributed by atoms with Gasteiger partial charge in [0.2, 0.25) is 5.91 Å². The molecular formula is C13H17Cl2NO3. The summed E-state index contributed by atoms with van der Waals surface area (Å²) in [6.07, 6.45) is 0.931. The summed E-state index contributed by atoms with van der Waals surface area (Å²) in [6, 6.07) is 5.24. The second kappa shape index (κ2) is 9.15. The van der Waals surface area contributed by atoms with E-state index in [2.05, 4.69) is 5.32 Å². The van der Waals surface area contributed by atoms with E-state index >= 15 is 0 Å². The van der Waals surface area contributed by atoms with Crippen LogP contribution >= 0.6 is 23.2 Å². The molecule has 0 spiro atoms. The number of halogens is 2. The molecule has 0 saturated heterocycles.